The van der Waals surface area contributed by atoms with E-state index in [2.05, 4.69) is 17.4 Å². The first kappa shape index (κ1) is 16.9. The summed E-state index contributed by atoms with van der Waals surface area (Å²) >= 11 is 0. The Balaban J connectivity index is 1.78. The molecule has 3 nitrogen and oxygen atoms in total. The molecule has 0 atom stereocenters. The summed E-state index contributed by atoms with van der Waals surface area (Å²) in [5.74, 6) is 1.10. The van der Waals surface area contributed by atoms with Crippen LogP contribution in [0.3, 0.4) is 0 Å². The van der Waals surface area contributed by atoms with E-state index in [1.54, 1.807) is 7.11 Å². The van der Waals surface area contributed by atoms with Crippen LogP contribution < -0.4 is 10.1 Å². The number of benzene rings is 1. The van der Waals surface area contributed by atoms with Crippen molar-refractivity contribution in [1.29, 1.82) is 0 Å². The summed E-state index contributed by atoms with van der Waals surface area (Å²) in [5.41, 5.74) is 2.33. The number of hydrogen-bond acceptors (Lipinski definition) is 2. The smallest absolute Gasteiger partial charge is 0.220 e. The minimum absolute atomic E-state index is 0.194. The first-order chi connectivity index (χ1) is 10.7. The molecule has 0 spiro atoms. The van der Waals surface area contributed by atoms with Gasteiger partial charge in [-0.3, -0.25) is 4.79 Å². The normalized spacial score (nSPS) is 16.6. The van der Waals surface area contributed by atoms with E-state index < -0.39 is 0 Å². The third kappa shape index (κ3) is 5.36. The average molecular weight is 303 g/mol. The quantitative estimate of drug-likeness (QED) is 0.886. The summed E-state index contributed by atoms with van der Waals surface area (Å²) in [4.78, 5) is 12.2. The molecular weight excluding hydrogens is 274 g/mol. The van der Waals surface area contributed by atoms with Crippen LogP contribution in [0, 0.1) is 6.92 Å². The summed E-state index contributed by atoms with van der Waals surface area (Å²) in [7, 11) is 1.68. The number of rotatable bonds is 5. The number of aryl methyl sites for hydroxylation is 2. The summed E-state index contributed by atoms with van der Waals surface area (Å²) < 4.78 is 5.27. The molecule has 1 aromatic rings. The molecule has 1 saturated carbocycles. The van der Waals surface area contributed by atoms with Crippen molar-refractivity contribution in [1.82, 2.24) is 5.32 Å². The van der Waals surface area contributed by atoms with Crippen molar-refractivity contribution in [3.63, 3.8) is 0 Å². The van der Waals surface area contributed by atoms with Crippen molar-refractivity contribution in [2.45, 2.75) is 70.8 Å². The molecule has 3 heteroatoms. The second-order valence-corrected chi connectivity index (χ2v) is 6.41. The molecule has 0 bridgehead atoms. The average Bonchev–Trinajstić information content (AvgIpc) is 2.48. The third-order valence-corrected chi connectivity index (χ3v) is 4.57. The molecule has 1 N–H and O–H groups in total. The second kappa shape index (κ2) is 8.82. The van der Waals surface area contributed by atoms with E-state index in [1.807, 2.05) is 13.0 Å². The van der Waals surface area contributed by atoms with E-state index in [0.29, 0.717) is 12.5 Å². The van der Waals surface area contributed by atoms with Crippen LogP contribution in [0.5, 0.6) is 5.75 Å². The molecule has 2 rings (SSSR count). The maximum Gasteiger partial charge on any atom is 0.220 e. The Labute approximate surface area is 134 Å². The highest BCUT2D eigenvalue weighted by molar-refractivity contribution is 5.76. The number of methoxy groups -OCH3 is 1. The Hall–Kier alpha value is -1.51. The van der Waals surface area contributed by atoms with Crippen molar-refractivity contribution in [2.75, 3.05) is 7.11 Å². The monoisotopic (exact) mass is 303 g/mol. The molecule has 0 heterocycles. The van der Waals surface area contributed by atoms with Crippen molar-refractivity contribution < 1.29 is 9.53 Å². The fraction of sp³-hybridized carbons (Fsp3) is 0.632. The van der Waals surface area contributed by atoms with E-state index in [1.165, 1.54) is 37.7 Å². The molecule has 1 aliphatic rings. The summed E-state index contributed by atoms with van der Waals surface area (Å²) in [5, 5.41) is 3.23. The van der Waals surface area contributed by atoms with Gasteiger partial charge < -0.3 is 10.1 Å². The molecule has 0 radical (unpaired) electrons. The number of carbonyl (C=O) groups is 1. The third-order valence-electron chi connectivity index (χ3n) is 4.57. The Morgan fingerprint density at radius 2 is 1.86 bits per heavy atom. The van der Waals surface area contributed by atoms with Gasteiger partial charge in [-0.2, -0.15) is 0 Å². The van der Waals surface area contributed by atoms with Crippen LogP contribution >= 0.6 is 0 Å². The molecule has 1 fully saturated rings. The zero-order chi connectivity index (χ0) is 15.8. The summed E-state index contributed by atoms with van der Waals surface area (Å²) in [6.45, 7) is 2.04. The first-order valence-electron chi connectivity index (χ1n) is 8.62. The molecule has 122 valence electrons. The van der Waals surface area contributed by atoms with Gasteiger partial charge in [0.1, 0.15) is 5.75 Å². The Bertz CT molecular complexity index is 476. The van der Waals surface area contributed by atoms with Crippen molar-refractivity contribution in [3.05, 3.63) is 29.3 Å². The van der Waals surface area contributed by atoms with Crippen LogP contribution in [-0.4, -0.2) is 19.1 Å². The van der Waals surface area contributed by atoms with Gasteiger partial charge in [0.2, 0.25) is 5.91 Å². The fourth-order valence-electron chi connectivity index (χ4n) is 3.25. The largest absolute Gasteiger partial charge is 0.496 e. The highest BCUT2D eigenvalue weighted by Crippen LogP contribution is 2.20. The lowest BCUT2D eigenvalue weighted by atomic mass is 9.96. The van der Waals surface area contributed by atoms with Gasteiger partial charge in [0.15, 0.2) is 0 Å². The van der Waals surface area contributed by atoms with Crippen LogP contribution in [0.25, 0.3) is 0 Å². The zero-order valence-corrected chi connectivity index (χ0v) is 14.0. The van der Waals surface area contributed by atoms with Gasteiger partial charge in [-0.1, -0.05) is 44.2 Å². The predicted molar refractivity (Wildman–Crippen MR) is 90.3 cm³/mol. The van der Waals surface area contributed by atoms with E-state index in [-0.39, 0.29) is 5.91 Å². The molecule has 22 heavy (non-hydrogen) atoms. The minimum Gasteiger partial charge on any atom is -0.496 e. The molecule has 0 aliphatic heterocycles. The van der Waals surface area contributed by atoms with Crippen LogP contribution in [0.1, 0.15) is 62.5 Å². The van der Waals surface area contributed by atoms with Crippen molar-refractivity contribution in [3.8, 4) is 5.75 Å². The van der Waals surface area contributed by atoms with Crippen LogP contribution in [0.4, 0.5) is 0 Å². The van der Waals surface area contributed by atoms with Crippen LogP contribution in [0.2, 0.25) is 0 Å². The SMILES string of the molecule is COc1ccc(CCC(=O)NC2CCCCCCC2)cc1C. The number of ether oxygens (including phenoxy) is 1. The van der Waals surface area contributed by atoms with Gasteiger partial charge >= 0.3 is 0 Å². The summed E-state index contributed by atoms with van der Waals surface area (Å²) in [6.07, 6.45) is 10.2. The number of carbonyl (C=O) groups excluding carboxylic acids is 1. The second-order valence-electron chi connectivity index (χ2n) is 6.41. The van der Waals surface area contributed by atoms with Crippen molar-refractivity contribution >= 4 is 5.91 Å². The molecule has 0 aromatic heterocycles. The van der Waals surface area contributed by atoms with E-state index in [4.69, 9.17) is 4.74 Å². The maximum atomic E-state index is 12.2. The first-order valence-corrected chi connectivity index (χ1v) is 8.62. The number of hydrogen-bond donors (Lipinski definition) is 1. The lowest BCUT2D eigenvalue weighted by molar-refractivity contribution is -0.121. The summed E-state index contributed by atoms with van der Waals surface area (Å²) in [6, 6.07) is 6.54. The van der Waals surface area contributed by atoms with Gasteiger partial charge in [-0.15, -0.1) is 0 Å². The highest BCUT2D eigenvalue weighted by atomic mass is 16.5. The molecule has 0 saturated heterocycles. The van der Waals surface area contributed by atoms with Gasteiger partial charge in [-0.25, -0.2) is 0 Å². The number of amides is 1. The molecule has 1 aromatic carbocycles. The lowest BCUT2D eigenvalue weighted by Crippen LogP contribution is -2.35. The van der Waals surface area contributed by atoms with Gasteiger partial charge in [-0.05, 0) is 43.4 Å². The minimum atomic E-state index is 0.194. The molecule has 1 amide bonds. The standard InChI is InChI=1S/C19H29NO2/c1-15-14-16(10-12-18(15)22-2)11-13-19(21)20-17-8-6-4-3-5-7-9-17/h10,12,14,17H,3-9,11,13H2,1-2H3,(H,20,21). The topological polar surface area (TPSA) is 38.3 Å². The van der Waals surface area contributed by atoms with E-state index in [0.717, 1.165) is 30.6 Å². The van der Waals surface area contributed by atoms with Gasteiger partial charge in [0.25, 0.3) is 0 Å². The lowest BCUT2D eigenvalue weighted by Gasteiger charge is -2.21. The number of nitrogens with one attached hydrogen (secondary N) is 1. The van der Waals surface area contributed by atoms with E-state index in [9.17, 15) is 4.79 Å². The van der Waals surface area contributed by atoms with Crippen LogP contribution in [-0.2, 0) is 11.2 Å². The van der Waals surface area contributed by atoms with E-state index >= 15 is 0 Å². The Morgan fingerprint density at radius 1 is 1.18 bits per heavy atom. The maximum absolute atomic E-state index is 12.2. The highest BCUT2D eigenvalue weighted by Gasteiger charge is 2.14. The molecule has 0 unspecified atom stereocenters. The van der Waals surface area contributed by atoms with Gasteiger partial charge in [0, 0.05) is 12.5 Å². The fourth-order valence-corrected chi connectivity index (χ4v) is 3.25. The Morgan fingerprint density at radius 3 is 2.50 bits per heavy atom. The molecular formula is C19H29NO2. The Kier molecular flexibility index (Phi) is 6.75. The van der Waals surface area contributed by atoms with Crippen LogP contribution in [0.15, 0.2) is 18.2 Å². The zero-order valence-electron chi connectivity index (χ0n) is 14.0. The molecule has 1 aliphatic carbocycles. The predicted octanol–water partition coefficient (Wildman–Crippen LogP) is 4.17. The van der Waals surface area contributed by atoms with Gasteiger partial charge in [0.05, 0.1) is 7.11 Å². The van der Waals surface area contributed by atoms with Crippen molar-refractivity contribution in [2.24, 2.45) is 0 Å².